The SMILES string of the molecule is O=Cc1ccccc1C1Cc2ccccc2S1. The van der Waals surface area contributed by atoms with Crippen molar-refractivity contribution in [3.63, 3.8) is 0 Å². The summed E-state index contributed by atoms with van der Waals surface area (Å²) in [6.07, 6.45) is 1.98. The molecule has 1 heterocycles. The van der Waals surface area contributed by atoms with E-state index in [1.165, 1.54) is 10.5 Å². The molecule has 0 radical (unpaired) electrons. The summed E-state index contributed by atoms with van der Waals surface area (Å²) >= 11 is 1.86. The number of fused-ring (bicyclic) bond motifs is 1. The Morgan fingerprint density at radius 3 is 2.65 bits per heavy atom. The minimum Gasteiger partial charge on any atom is -0.298 e. The summed E-state index contributed by atoms with van der Waals surface area (Å²) in [6.45, 7) is 0. The van der Waals surface area contributed by atoms with Crippen molar-refractivity contribution >= 4 is 18.0 Å². The minimum absolute atomic E-state index is 0.383. The molecule has 1 aliphatic heterocycles. The normalized spacial score (nSPS) is 17.8. The van der Waals surface area contributed by atoms with Gasteiger partial charge < -0.3 is 0 Å². The average molecular weight is 240 g/mol. The monoisotopic (exact) mass is 240 g/mol. The molecule has 2 heteroatoms. The van der Waals surface area contributed by atoms with Crippen molar-refractivity contribution in [3.8, 4) is 0 Å². The third kappa shape index (κ3) is 1.89. The second-order valence-electron chi connectivity index (χ2n) is 4.17. The van der Waals surface area contributed by atoms with Crippen molar-refractivity contribution in [2.75, 3.05) is 0 Å². The van der Waals surface area contributed by atoms with Gasteiger partial charge in [0, 0.05) is 15.7 Å². The molecular weight excluding hydrogens is 228 g/mol. The molecule has 2 aromatic carbocycles. The first-order chi connectivity index (χ1) is 8.38. The largest absolute Gasteiger partial charge is 0.298 e. The molecule has 0 aliphatic carbocycles. The van der Waals surface area contributed by atoms with E-state index < -0.39 is 0 Å². The molecule has 3 rings (SSSR count). The third-order valence-corrected chi connectivity index (χ3v) is 4.47. The molecule has 0 saturated carbocycles. The van der Waals surface area contributed by atoms with Gasteiger partial charge in [0.1, 0.15) is 6.29 Å². The topological polar surface area (TPSA) is 17.1 Å². The number of aldehydes is 1. The van der Waals surface area contributed by atoms with E-state index in [9.17, 15) is 4.79 Å². The van der Waals surface area contributed by atoms with E-state index in [2.05, 4.69) is 30.3 Å². The van der Waals surface area contributed by atoms with Gasteiger partial charge in [0.25, 0.3) is 0 Å². The van der Waals surface area contributed by atoms with Crippen LogP contribution in [0.3, 0.4) is 0 Å². The van der Waals surface area contributed by atoms with Crippen LogP contribution < -0.4 is 0 Å². The summed E-state index contributed by atoms with van der Waals surface area (Å²) in [4.78, 5) is 12.4. The Kier molecular flexibility index (Phi) is 2.73. The molecule has 17 heavy (non-hydrogen) atoms. The van der Waals surface area contributed by atoms with E-state index in [0.29, 0.717) is 5.25 Å². The van der Waals surface area contributed by atoms with Gasteiger partial charge >= 0.3 is 0 Å². The summed E-state index contributed by atoms with van der Waals surface area (Å²) in [5, 5.41) is 0.383. The number of hydrogen-bond acceptors (Lipinski definition) is 2. The van der Waals surface area contributed by atoms with Gasteiger partial charge in [-0.1, -0.05) is 42.5 Å². The number of hydrogen-bond donors (Lipinski definition) is 0. The lowest BCUT2D eigenvalue weighted by molar-refractivity contribution is 0.112. The van der Waals surface area contributed by atoms with Gasteiger partial charge in [0.05, 0.1) is 0 Å². The van der Waals surface area contributed by atoms with E-state index in [0.717, 1.165) is 23.8 Å². The van der Waals surface area contributed by atoms with Gasteiger partial charge in [-0.15, -0.1) is 11.8 Å². The fourth-order valence-electron chi connectivity index (χ4n) is 2.27. The fraction of sp³-hybridized carbons (Fsp3) is 0.133. The lowest BCUT2D eigenvalue weighted by atomic mass is 10.0. The first-order valence-corrected chi connectivity index (χ1v) is 6.55. The quantitative estimate of drug-likeness (QED) is 0.741. The molecule has 0 bridgehead atoms. The summed E-state index contributed by atoms with van der Waals surface area (Å²) in [5.74, 6) is 0. The Morgan fingerprint density at radius 1 is 1.06 bits per heavy atom. The summed E-state index contributed by atoms with van der Waals surface area (Å²) in [7, 11) is 0. The Morgan fingerprint density at radius 2 is 1.82 bits per heavy atom. The predicted octanol–water partition coefficient (Wildman–Crippen LogP) is 3.89. The standard InChI is InChI=1S/C15H12OS/c16-10-12-6-1-3-7-13(12)15-9-11-5-2-4-8-14(11)17-15/h1-8,10,15H,9H2. The fourth-order valence-corrected chi connectivity index (χ4v) is 3.64. The van der Waals surface area contributed by atoms with E-state index in [-0.39, 0.29) is 0 Å². The Balaban J connectivity index is 1.96. The number of thioether (sulfide) groups is 1. The van der Waals surface area contributed by atoms with Gasteiger partial charge in [-0.3, -0.25) is 4.79 Å². The van der Waals surface area contributed by atoms with Gasteiger partial charge in [-0.05, 0) is 23.6 Å². The van der Waals surface area contributed by atoms with E-state index >= 15 is 0 Å². The van der Waals surface area contributed by atoms with Crippen molar-refractivity contribution in [1.82, 2.24) is 0 Å². The third-order valence-electron chi connectivity index (χ3n) is 3.12. The first-order valence-electron chi connectivity index (χ1n) is 5.67. The smallest absolute Gasteiger partial charge is 0.150 e. The van der Waals surface area contributed by atoms with Gasteiger partial charge in [-0.25, -0.2) is 0 Å². The zero-order chi connectivity index (χ0) is 11.7. The molecule has 0 N–H and O–H groups in total. The lowest BCUT2D eigenvalue weighted by Gasteiger charge is -2.10. The van der Waals surface area contributed by atoms with Gasteiger partial charge in [-0.2, -0.15) is 0 Å². The molecule has 1 aliphatic rings. The van der Waals surface area contributed by atoms with Crippen LogP contribution in [-0.4, -0.2) is 6.29 Å². The molecule has 0 saturated heterocycles. The van der Waals surface area contributed by atoms with Crippen LogP contribution in [0.25, 0.3) is 0 Å². The molecule has 1 nitrogen and oxygen atoms in total. The highest BCUT2D eigenvalue weighted by atomic mass is 32.2. The van der Waals surface area contributed by atoms with Gasteiger partial charge in [0.15, 0.2) is 0 Å². The summed E-state index contributed by atoms with van der Waals surface area (Å²) in [5.41, 5.74) is 3.37. The van der Waals surface area contributed by atoms with Crippen molar-refractivity contribution in [1.29, 1.82) is 0 Å². The maximum Gasteiger partial charge on any atom is 0.150 e. The Hall–Kier alpha value is -1.54. The Bertz CT molecular complexity index is 537. The molecule has 0 amide bonds. The van der Waals surface area contributed by atoms with Crippen LogP contribution in [0.5, 0.6) is 0 Å². The molecule has 0 spiro atoms. The number of rotatable bonds is 2. The molecule has 0 aromatic heterocycles. The molecule has 0 fully saturated rings. The highest BCUT2D eigenvalue weighted by Gasteiger charge is 2.24. The molecule has 84 valence electrons. The predicted molar refractivity (Wildman–Crippen MR) is 70.6 cm³/mol. The van der Waals surface area contributed by atoms with Crippen molar-refractivity contribution in [2.24, 2.45) is 0 Å². The van der Waals surface area contributed by atoms with Crippen LogP contribution in [0.2, 0.25) is 0 Å². The summed E-state index contributed by atoms with van der Waals surface area (Å²) < 4.78 is 0. The van der Waals surface area contributed by atoms with Crippen LogP contribution in [0.15, 0.2) is 53.4 Å². The molecule has 2 aromatic rings. The number of carbonyl (C=O) groups is 1. The highest BCUT2D eigenvalue weighted by molar-refractivity contribution is 7.99. The summed E-state index contributed by atoms with van der Waals surface area (Å²) in [6, 6.07) is 16.4. The second kappa shape index (κ2) is 4.38. The molecular formula is C15H12OS. The van der Waals surface area contributed by atoms with Crippen LogP contribution in [0, 0.1) is 0 Å². The van der Waals surface area contributed by atoms with Crippen LogP contribution in [-0.2, 0) is 6.42 Å². The van der Waals surface area contributed by atoms with Crippen LogP contribution in [0.4, 0.5) is 0 Å². The maximum atomic E-state index is 11.0. The van der Waals surface area contributed by atoms with E-state index in [1.54, 1.807) is 0 Å². The highest BCUT2D eigenvalue weighted by Crippen LogP contribution is 2.46. The van der Waals surface area contributed by atoms with E-state index in [4.69, 9.17) is 0 Å². The van der Waals surface area contributed by atoms with Gasteiger partial charge in [0.2, 0.25) is 0 Å². The van der Waals surface area contributed by atoms with Crippen molar-refractivity contribution < 1.29 is 4.79 Å². The second-order valence-corrected chi connectivity index (χ2v) is 5.41. The number of benzene rings is 2. The zero-order valence-electron chi connectivity index (χ0n) is 9.30. The minimum atomic E-state index is 0.383. The van der Waals surface area contributed by atoms with Crippen molar-refractivity contribution in [3.05, 3.63) is 65.2 Å². The van der Waals surface area contributed by atoms with E-state index in [1.807, 2.05) is 30.0 Å². The molecule has 1 unspecified atom stereocenters. The van der Waals surface area contributed by atoms with Crippen molar-refractivity contribution in [2.45, 2.75) is 16.6 Å². The average Bonchev–Trinajstić information content (AvgIpc) is 2.82. The zero-order valence-corrected chi connectivity index (χ0v) is 10.1. The number of carbonyl (C=O) groups excluding carboxylic acids is 1. The lowest BCUT2D eigenvalue weighted by Crippen LogP contribution is -1.97. The first kappa shape index (κ1) is 10.6. The van der Waals surface area contributed by atoms with Crippen LogP contribution in [0.1, 0.15) is 26.7 Å². The Labute approximate surface area is 105 Å². The van der Waals surface area contributed by atoms with Crippen LogP contribution >= 0.6 is 11.8 Å². The molecule has 1 atom stereocenters. The maximum absolute atomic E-state index is 11.0.